The Balaban J connectivity index is 2.45. The third-order valence-electron chi connectivity index (χ3n) is 2.28. The second-order valence-corrected chi connectivity index (χ2v) is 4.86. The van der Waals surface area contributed by atoms with Crippen LogP contribution in [-0.2, 0) is 16.0 Å². The predicted octanol–water partition coefficient (Wildman–Crippen LogP) is 3.62. The summed E-state index contributed by atoms with van der Waals surface area (Å²) in [6.45, 7) is -2.24. The van der Waals surface area contributed by atoms with E-state index in [1.807, 2.05) is 0 Å². The first-order valence-corrected chi connectivity index (χ1v) is 6.21. The Morgan fingerprint density at radius 1 is 1.35 bits per heavy atom. The number of alkyl halides is 4. The molecule has 0 heterocycles. The molecule has 0 saturated heterocycles. The highest BCUT2D eigenvalue weighted by Crippen LogP contribution is 2.23. The Morgan fingerprint density at radius 3 is 2.55 bits per heavy atom. The van der Waals surface area contributed by atoms with Gasteiger partial charge in [-0.05, 0) is 17.7 Å². The van der Waals surface area contributed by atoms with Crippen molar-refractivity contribution in [2.45, 2.75) is 18.8 Å². The van der Waals surface area contributed by atoms with Gasteiger partial charge in [0.05, 0.1) is 0 Å². The molecule has 0 aliphatic rings. The topological polar surface area (TPSA) is 26.3 Å². The molecule has 0 spiro atoms. The molecular weight excluding hydrogens is 351 g/mol. The summed E-state index contributed by atoms with van der Waals surface area (Å²) in [7, 11) is 0. The highest BCUT2D eigenvalue weighted by Gasteiger charge is 2.41. The van der Waals surface area contributed by atoms with Gasteiger partial charge < -0.3 is 4.74 Å². The predicted molar refractivity (Wildman–Crippen MR) is 64.6 cm³/mol. The first-order chi connectivity index (χ1) is 9.22. The lowest BCUT2D eigenvalue weighted by atomic mass is 10.1. The van der Waals surface area contributed by atoms with Gasteiger partial charge in [0.1, 0.15) is 19.0 Å². The third kappa shape index (κ3) is 5.16. The minimum atomic E-state index is -4.28. The number of Topliss-reactive ketones (excluding diaryl/α,β-unsaturated/α-hetero) is 1. The Bertz CT molecular complexity index is 479. The van der Waals surface area contributed by atoms with Crippen molar-refractivity contribution in [3.8, 4) is 0 Å². The van der Waals surface area contributed by atoms with E-state index in [4.69, 9.17) is 0 Å². The summed E-state index contributed by atoms with van der Waals surface area (Å²) in [4.78, 5) is 11.4. The summed E-state index contributed by atoms with van der Waals surface area (Å²) in [6, 6.07) is 3.64. The molecule has 1 aromatic rings. The van der Waals surface area contributed by atoms with Crippen molar-refractivity contribution < 1.29 is 31.5 Å². The second-order valence-electron chi connectivity index (χ2n) is 4.01. The van der Waals surface area contributed by atoms with Crippen molar-refractivity contribution in [1.82, 2.24) is 0 Å². The molecule has 0 fully saturated rings. The molecule has 20 heavy (non-hydrogen) atoms. The van der Waals surface area contributed by atoms with Crippen LogP contribution in [0.1, 0.15) is 5.56 Å². The molecule has 0 aliphatic heterocycles. The van der Waals surface area contributed by atoms with Crippen LogP contribution >= 0.6 is 15.9 Å². The van der Waals surface area contributed by atoms with Crippen LogP contribution in [0.3, 0.4) is 0 Å². The van der Waals surface area contributed by atoms with Crippen molar-refractivity contribution in [3.05, 3.63) is 34.1 Å². The van der Waals surface area contributed by atoms with Crippen molar-refractivity contribution >= 4 is 21.7 Å². The number of ether oxygens (including phenoxy) is 1. The van der Waals surface area contributed by atoms with Crippen LogP contribution in [0.5, 0.6) is 0 Å². The SMILES string of the molecule is O=C(COCC(F)(F)C(F)F)Cc1ccc(F)cc1Br. The van der Waals surface area contributed by atoms with E-state index >= 15 is 0 Å². The van der Waals surface area contributed by atoms with E-state index in [0.29, 0.717) is 10.0 Å². The van der Waals surface area contributed by atoms with Gasteiger partial charge in [0.25, 0.3) is 0 Å². The molecule has 0 unspecified atom stereocenters. The first-order valence-electron chi connectivity index (χ1n) is 5.41. The Labute approximate surface area is 120 Å². The summed E-state index contributed by atoms with van der Waals surface area (Å²) < 4.78 is 66.1. The van der Waals surface area contributed by atoms with E-state index in [0.717, 1.165) is 12.1 Å². The highest BCUT2D eigenvalue weighted by molar-refractivity contribution is 9.10. The summed E-state index contributed by atoms with van der Waals surface area (Å²) in [5, 5.41) is 0. The number of hydrogen-bond acceptors (Lipinski definition) is 2. The molecule has 0 N–H and O–H groups in total. The average molecular weight is 361 g/mol. The third-order valence-corrected chi connectivity index (χ3v) is 3.02. The minimum absolute atomic E-state index is 0.179. The molecule has 1 aromatic carbocycles. The maximum Gasteiger partial charge on any atom is 0.330 e. The van der Waals surface area contributed by atoms with Crippen LogP contribution in [0.2, 0.25) is 0 Å². The Morgan fingerprint density at radius 2 is 2.00 bits per heavy atom. The summed E-state index contributed by atoms with van der Waals surface area (Å²) in [5.74, 6) is -5.36. The maximum absolute atomic E-state index is 12.8. The van der Waals surface area contributed by atoms with Gasteiger partial charge in [0.2, 0.25) is 0 Å². The Hall–Kier alpha value is -1.02. The molecular formula is C12H10BrF5O2. The van der Waals surface area contributed by atoms with E-state index in [-0.39, 0.29) is 6.42 Å². The van der Waals surface area contributed by atoms with Crippen molar-refractivity contribution in [3.63, 3.8) is 0 Å². The van der Waals surface area contributed by atoms with E-state index in [1.165, 1.54) is 6.07 Å². The number of hydrogen-bond donors (Lipinski definition) is 0. The quantitative estimate of drug-likeness (QED) is 0.694. The number of benzene rings is 1. The average Bonchev–Trinajstić information content (AvgIpc) is 2.32. The van der Waals surface area contributed by atoms with Crippen molar-refractivity contribution in [2.75, 3.05) is 13.2 Å². The van der Waals surface area contributed by atoms with Gasteiger partial charge in [-0.2, -0.15) is 8.78 Å². The van der Waals surface area contributed by atoms with Crippen LogP contribution in [0, 0.1) is 5.82 Å². The lowest BCUT2D eigenvalue weighted by Crippen LogP contribution is -2.33. The standard InChI is InChI=1S/C12H10BrF5O2/c13-10-4-8(14)2-1-7(10)3-9(19)5-20-6-12(17,18)11(15)16/h1-2,4,11H,3,5-6H2. The zero-order valence-electron chi connectivity index (χ0n) is 10.0. The van der Waals surface area contributed by atoms with Gasteiger partial charge in [0, 0.05) is 10.9 Å². The summed E-state index contributed by atoms with van der Waals surface area (Å²) >= 11 is 3.04. The number of ketones is 1. The molecule has 0 radical (unpaired) electrons. The summed E-state index contributed by atoms with van der Waals surface area (Å²) in [5.41, 5.74) is 0.445. The van der Waals surface area contributed by atoms with Gasteiger partial charge >= 0.3 is 12.3 Å². The minimum Gasteiger partial charge on any atom is -0.367 e. The van der Waals surface area contributed by atoms with E-state index in [1.54, 1.807) is 0 Å². The first kappa shape index (κ1) is 17.0. The van der Waals surface area contributed by atoms with Crippen LogP contribution in [0.25, 0.3) is 0 Å². The molecule has 0 saturated carbocycles. The van der Waals surface area contributed by atoms with E-state index in [2.05, 4.69) is 20.7 Å². The zero-order chi connectivity index (χ0) is 15.3. The number of rotatable bonds is 7. The number of halogens is 6. The molecule has 0 bridgehead atoms. The van der Waals surface area contributed by atoms with Gasteiger partial charge in [-0.3, -0.25) is 4.79 Å². The van der Waals surface area contributed by atoms with E-state index in [9.17, 15) is 26.7 Å². The highest BCUT2D eigenvalue weighted by atomic mass is 79.9. The molecule has 0 atom stereocenters. The fourth-order valence-electron chi connectivity index (χ4n) is 1.29. The second kappa shape index (κ2) is 7.12. The molecule has 0 aromatic heterocycles. The maximum atomic E-state index is 12.8. The summed E-state index contributed by atoms with van der Waals surface area (Å²) in [6.07, 6.45) is -4.02. The van der Waals surface area contributed by atoms with Crippen LogP contribution in [0.4, 0.5) is 22.0 Å². The molecule has 0 aliphatic carbocycles. The molecule has 0 amide bonds. The molecule has 112 valence electrons. The lowest BCUT2D eigenvalue weighted by molar-refractivity contribution is -0.168. The molecule has 2 nitrogen and oxygen atoms in total. The molecule has 8 heteroatoms. The Kier molecular flexibility index (Phi) is 6.07. The monoisotopic (exact) mass is 360 g/mol. The zero-order valence-corrected chi connectivity index (χ0v) is 11.6. The fourth-order valence-corrected chi connectivity index (χ4v) is 1.78. The van der Waals surface area contributed by atoms with Gasteiger partial charge in [-0.1, -0.05) is 22.0 Å². The fraction of sp³-hybridized carbons (Fsp3) is 0.417. The van der Waals surface area contributed by atoms with Crippen LogP contribution in [0.15, 0.2) is 22.7 Å². The molecule has 1 rings (SSSR count). The van der Waals surface area contributed by atoms with Gasteiger partial charge in [-0.25, -0.2) is 13.2 Å². The van der Waals surface area contributed by atoms with Gasteiger partial charge in [-0.15, -0.1) is 0 Å². The van der Waals surface area contributed by atoms with Crippen molar-refractivity contribution in [1.29, 1.82) is 0 Å². The van der Waals surface area contributed by atoms with Crippen LogP contribution < -0.4 is 0 Å². The van der Waals surface area contributed by atoms with Crippen LogP contribution in [-0.4, -0.2) is 31.3 Å². The van der Waals surface area contributed by atoms with Gasteiger partial charge in [0.15, 0.2) is 5.78 Å². The smallest absolute Gasteiger partial charge is 0.330 e. The number of carbonyl (C=O) groups is 1. The number of carbonyl (C=O) groups excluding carboxylic acids is 1. The largest absolute Gasteiger partial charge is 0.367 e. The normalized spacial score (nSPS) is 11.9. The van der Waals surface area contributed by atoms with Crippen molar-refractivity contribution in [2.24, 2.45) is 0 Å². The lowest BCUT2D eigenvalue weighted by Gasteiger charge is -2.14. The van der Waals surface area contributed by atoms with E-state index < -0.39 is 37.2 Å².